The highest BCUT2D eigenvalue weighted by Crippen LogP contribution is 2.39. The molecule has 1 aliphatic heterocycles. The molecule has 0 spiro atoms. The van der Waals surface area contributed by atoms with Crippen molar-refractivity contribution in [2.75, 3.05) is 38.7 Å². The van der Waals surface area contributed by atoms with Gasteiger partial charge in [-0.25, -0.2) is 14.8 Å². The van der Waals surface area contributed by atoms with Crippen LogP contribution in [0.2, 0.25) is 0 Å². The molecular formula is C20H34N4O2. The number of carbonyl (C=O) groups is 1. The molecule has 6 heteroatoms. The molecule has 2 aliphatic rings. The molecule has 0 atom stereocenters. The summed E-state index contributed by atoms with van der Waals surface area (Å²) in [6.07, 6.45) is 3.62. The molecule has 0 saturated heterocycles. The predicted molar refractivity (Wildman–Crippen MR) is 105 cm³/mol. The molecule has 1 aromatic heterocycles. The first kappa shape index (κ1) is 20.6. The molecule has 0 radical (unpaired) electrons. The lowest BCUT2D eigenvalue weighted by Gasteiger charge is -2.50. The predicted octanol–water partition coefficient (Wildman–Crippen LogP) is 3.40. The zero-order valence-electron chi connectivity index (χ0n) is 17.4. The van der Waals surface area contributed by atoms with Gasteiger partial charge in [0.1, 0.15) is 23.8 Å². The van der Waals surface area contributed by atoms with Gasteiger partial charge in [-0.3, -0.25) is 0 Å². The number of carbonyl (C=O) groups excluding carboxylic acids is 1. The van der Waals surface area contributed by atoms with Crippen LogP contribution in [0.25, 0.3) is 0 Å². The SMILES string of the molecule is CC.Cc1nc(C(C)C)c2c(n1)N(CC1(N(C)C)CCC1)CCOC2=O. The highest BCUT2D eigenvalue weighted by atomic mass is 16.5. The minimum Gasteiger partial charge on any atom is -0.460 e. The number of likely N-dealkylation sites (N-methyl/N-ethyl adjacent to an activating group) is 1. The van der Waals surface area contributed by atoms with Gasteiger partial charge in [0.15, 0.2) is 0 Å². The zero-order chi connectivity index (χ0) is 19.5. The van der Waals surface area contributed by atoms with Gasteiger partial charge in [0.2, 0.25) is 0 Å². The first-order valence-electron chi connectivity index (χ1n) is 9.82. The molecule has 1 aromatic rings. The molecule has 0 amide bonds. The van der Waals surface area contributed by atoms with Gasteiger partial charge in [0.05, 0.1) is 12.2 Å². The Morgan fingerprint density at radius 2 is 1.88 bits per heavy atom. The number of anilines is 1. The minimum absolute atomic E-state index is 0.152. The van der Waals surface area contributed by atoms with Crippen LogP contribution in [0, 0.1) is 6.92 Å². The Labute approximate surface area is 157 Å². The van der Waals surface area contributed by atoms with E-state index in [9.17, 15) is 4.79 Å². The second kappa shape index (κ2) is 8.33. The van der Waals surface area contributed by atoms with Gasteiger partial charge in [-0.2, -0.15) is 0 Å². The second-order valence-electron chi connectivity index (χ2n) is 7.54. The van der Waals surface area contributed by atoms with E-state index in [0.717, 1.165) is 18.1 Å². The second-order valence-corrected chi connectivity index (χ2v) is 7.54. The minimum atomic E-state index is -0.288. The average Bonchev–Trinajstić information content (AvgIpc) is 2.71. The van der Waals surface area contributed by atoms with Gasteiger partial charge < -0.3 is 14.5 Å². The average molecular weight is 363 g/mol. The summed E-state index contributed by atoms with van der Waals surface area (Å²) in [4.78, 5) is 26.3. The first-order chi connectivity index (χ1) is 12.3. The van der Waals surface area contributed by atoms with Crippen LogP contribution in [0.1, 0.15) is 74.8 Å². The molecule has 2 heterocycles. The summed E-state index contributed by atoms with van der Waals surface area (Å²) in [5, 5.41) is 0. The van der Waals surface area contributed by atoms with E-state index >= 15 is 0 Å². The van der Waals surface area contributed by atoms with Gasteiger partial charge in [0, 0.05) is 12.1 Å². The maximum absolute atomic E-state index is 12.5. The number of nitrogens with zero attached hydrogens (tertiary/aromatic N) is 4. The standard InChI is InChI=1S/C18H28N4O2.C2H6/c1-12(2)15-14-16(20-13(3)19-15)22(9-10-24-17(14)23)11-18(21(4)5)7-6-8-18;1-2/h12H,6-11H2,1-5H3;1-2H3. The fourth-order valence-corrected chi connectivity index (χ4v) is 3.69. The van der Waals surface area contributed by atoms with Gasteiger partial charge in [-0.15, -0.1) is 0 Å². The summed E-state index contributed by atoms with van der Waals surface area (Å²) < 4.78 is 5.44. The Bertz CT molecular complexity index is 639. The normalized spacial score (nSPS) is 18.5. The number of cyclic esters (lactones) is 1. The number of esters is 1. The van der Waals surface area contributed by atoms with Crippen LogP contribution >= 0.6 is 0 Å². The topological polar surface area (TPSA) is 58.6 Å². The molecule has 1 saturated carbocycles. The van der Waals surface area contributed by atoms with Crippen molar-refractivity contribution >= 4 is 11.8 Å². The Kier molecular flexibility index (Phi) is 6.61. The van der Waals surface area contributed by atoms with Crippen LogP contribution in [0.3, 0.4) is 0 Å². The van der Waals surface area contributed by atoms with Crippen LogP contribution < -0.4 is 4.90 Å². The third-order valence-corrected chi connectivity index (χ3v) is 5.39. The van der Waals surface area contributed by atoms with E-state index in [1.165, 1.54) is 19.3 Å². The Morgan fingerprint density at radius 3 is 2.38 bits per heavy atom. The maximum atomic E-state index is 12.5. The van der Waals surface area contributed by atoms with Crippen molar-refractivity contribution in [3.05, 3.63) is 17.1 Å². The number of fused-ring (bicyclic) bond motifs is 1. The lowest BCUT2D eigenvalue weighted by Crippen LogP contribution is -2.57. The lowest BCUT2D eigenvalue weighted by molar-refractivity contribution is 0.0511. The largest absolute Gasteiger partial charge is 0.460 e. The summed E-state index contributed by atoms with van der Waals surface area (Å²) in [5.74, 6) is 1.33. The smallest absolute Gasteiger partial charge is 0.343 e. The molecule has 0 N–H and O–H groups in total. The third-order valence-electron chi connectivity index (χ3n) is 5.39. The van der Waals surface area contributed by atoms with Crippen molar-refractivity contribution < 1.29 is 9.53 Å². The molecule has 0 aromatic carbocycles. The molecule has 26 heavy (non-hydrogen) atoms. The number of hydrogen-bond acceptors (Lipinski definition) is 6. The highest BCUT2D eigenvalue weighted by molar-refractivity contribution is 5.96. The van der Waals surface area contributed by atoms with E-state index in [2.05, 4.69) is 47.7 Å². The van der Waals surface area contributed by atoms with E-state index < -0.39 is 0 Å². The van der Waals surface area contributed by atoms with Gasteiger partial charge in [0.25, 0.3) is 0 Å². The van der Waals surface area contributed by atoms with Crippen molar-refractivity contribution in [3.63, 3.8) is 0 Å². The summed E-state index contributed by atoms with van der Waals surface area (Å²) in [7, 11) is 4.29. The van der Waals surface area contributed by atoms with Crippen LogP contribution in [0.4, 0.5) is 5.82 Å². The van der Waals surface area contributed by atoms with E-state index in [-0.39, 0.29) is 17.4 Å². The number of aryl methyl sites for hydroxylation is 1. The van der Waals surface area contributed by atoms with Crippen molar-refractivity contribution in [3.8, 4) is 0 Å². The van der Waals surface area contributed by atoms with Crippen LogP contribution in [0.15, 0.2) is 0 Å². The lowest BCUT2D eigenvalue weighted by atomic mass is 9.75. The number of hydrogen-bond donors (Lipinski definition) is 0. The Balaban J connectivity index is 0.00000117. The molecule has 146 valence electrons. The number of rotatable bonds is 4. The Morgan fingerprint density at radius 1 is 1.23 bits per heavy atom. The van der Waals surface area contributed by atoms with E-state index in [0.29, 0.717) is 24.5 Å². The van der Waals surface area contributed by atoms with E-state index in [1.54, 1.807) is 0 Å². The van der Waals surface area contributed by atoms with Gasteiger partial charge in [-0.1, -0.05) is 27.7 Å². The quantitative estimate of drug-likeness (QED) is 0.765. The fourth-order valence-electron chi connectivity index (χ4n) is 3.69. The van der Waals surface area contributed by atoms with Gasteiger partial charge in [-0.05, 0) is 46.2 Å². The molecule has 6 nitrogen and oxygen atoms in total. The van der Waals surface area contributed by atoms with Crippen molar-refractivity contribution in [1.82, 2.24) is 14.9 Å². The molecule has 1 fully saturated rings. The molecule has 1 aliphatic carbocycles. The van der Waals surface area contributed by atoms with E-state index in [1.807, 2.05) is 20.8 Å². The fraction of sp³-hybridized carbons (Fsp3) is 0.750. The van der Waals surface area contributed by atoms with Crippen LogP contribution in [0.5, 0.6) is 0 Å². The van der Waals surface area contributed by atoms with E-state index in [4.69, 9.17) is 4.74 Å². The van der Waals surface area contributed by atoms with Crippen molar-refractivity contribution in [1.29, 1.82) is 0 Å². The highest BCUT2D eigenvalue weighted by Gasteiger charge is 2.42. The molecule has 3 rings (SSSR count). The third kappa shape index (κ3) is 3.85. The zero-order valence-corrected chi connectivity index (χ0v) is 17.4. The van der Waals surface area contributed by atoms with Crippen molar-refractivity contribution in [2.45, 2.75) is 65.3 Å². The summed E-state index contributed by atoms with van der Waals surface area (Å²) in [6.45, 7) is 12.0. The van der Waals surface area contributed by atoms with Crippen molar-refractivity contribution in [2.24, 2.45) is 0 Å². The summed E-state index contributed by atoms with van der Waals surface area (Å²) >= 11 is 0. The maximum Gasteiger partial charge on any atom is 0.343 e. The van der Waals surface area contributed by atoms with Gasteiger partial charge >= 0.3 is 5.97 Å². The molecular weight excluding hydrogens is 328 g/mol. The monoisotopic (exact) mass is 362 g/mol. The molecule has 0 unspecified atom stereocenters. The number of ether oxygens (including phenoxy) is 1. The molecule has 0 bridgehead atoms. The van der Waals surface area contributed by atoms with Crippen LogP contribution in [-0.2, 0) is 4.74 Å². The first-order valence-corrected chi connectivity index (χ1v) is 9.82. The summed E-state index contributed by atoms with van der Waals surface area (Å²) in [6, 6.07) is 0. The van der Waals surface area contributed by atoms with Crippen LogP contribution in [-0.4, -0.2) is 60.2 Å². The Hall–Kier alpha value is -1.69. The summed E-state index contributed by atoms with van der Waals surface area (Å²) in [5.41, 5.74) is 1.52. The number of aromatic nitrogens is 2.